The summed E-state index contributed by atoms with van der Waals surface area (Å²) in [5.41, 5.74) is 9.76. The van der Waals surface area contributed by atoms with Gasteiger partial charge in [0, 0.05) is 37.5 Å². The fourth-order valence-electron chi connectivity index (χ4n) is 6.69. The Morgan fingerprint density at radius 2 is 2.03 bits per heavy atom. The molecule has 1 fully saturated rings. The lowest BCUT2D eigenvalue weighted by Crippen LogP contribution is -2.45. The molecule has 2 aliphatic heterocycles. The summed E-state index contributed by atoms with van der Waals surface area (Å²) < 4.78 is 0. The molecule has 202 valence electrons. The number of carbonyl (C=O) groups excluding carboxylic acids is 1. The Balaban J connectivity index is 1.28. The van der Waals surface area contributed by atoms with Crippen LogP contribution in [0.25, 0.3) is 6.08 Å². The molecule has 2 aliphatic carbocycles. The highest BCUT2D eigenvalue weighted by atomic mass is 16.3. The van der Waals surface area contributed by atoms with Crippen LogP contribution >= 0.6 is 0 Å². The molecule has 1 aromatic rings. The Kier molecular flexibility index (Phi) is 7.48. The van der Waals surface area contributed by atoms with E-state index < -0.39 is 6.23 Å². The van der Waals surface area contributed by atoms with E-state index in [0.29, 0.717) is 31.1 Å². The van der Waals surface area contributed by atoms with E-state index >= 15 is 0 Å². The Morgan fingerprint density at radius 1 is 1.24 bits per heavy atom. The van der Waals surface area contributed by atoms with Crippen molar-refractivity contribution in [1.29, 1.82) is 5.41 Å². The summed E-state index contributed by atoms with van der Waals surface area (Å²) in [6, 6.07) is 6.47. The van der Waals surface area contributed by atoms with Crippen molar-refractivity contribution in [3.63, 3.8) is 0 Å². The molecular weight excluding hydrogens is 474 g/mol. The number of benzene rings is 1. The van der Waals surface area contributed by atoms with E-state index in [9.17, 15) is 9.90 Å². The van der Waals surface area contributed by atoms with E-state index in [2.05, 4.69) is 73.8 Å². The number of hydrogen-bond acceptors (Lipinski definition) is 4. The van der Waals surface area contributed by atoms with Gasteiger partial charge in [-0.1, -0.05) is 67.7 Å². The second-order valence-corrected chi connectivity index (χ2v) is 11.4. The molecule has 1 amide bonds. The molecule has 5 rings (SSSR count). The van der Waals surface area contributed by atoms with Crippen LogP contribution in [0.1, 0.15) is 55.2 Å². The van der Waals surface area contributed by atoms with Crippen molar-refractivity contribution in [2.24, 2.45) is 23.0 Å². The van der Waals surface area contributed by atoms with E-state index in [-0.39, 0.29) is 29.1 Å². The van der Waals surface area contributed by atoms with E-state index in [0.717, 1.165) is 32.4 Å². The van der Waals surface area contributed by atoms with Gasteiger partial charge in [-0.15, -0.1) is 0 Å². The molecule has 7 nitrogen and oxygen atoms in total. The molecule has 4 atom stereocenters. The summed E-state index contributed by atoms with van der Waals surface area (Å²) in [6.07, 6.45) is 17.6. The van der Waals surface area contributed by atoms with Gasteiger partial charge in [-0.25, -0.2) is 0 Å². The molecule has 0 spiro atoms. The molecule has 0 saturated carbocycles. The number of nitrogens with one attached hydrogen (secondary N) is 2. The summed E-state index contributed by atoms with van der Waals surface area (Å²) in [5.74, 6) is 0.707. The van der Waals surface area contributed by atoms with Gasteiger partial charge < -0.3 is 26.0 Å². The third kappa shape index (κ3) is 5.04. The number of aliphatic hydroxyl groups excluding tert-OH is 1. The number of piperidine rings is 1. The molecule has 4 aliphatic rings. The highest BCUT2D eigenvalue weighted by Crippen LogP contribution is 2.52. The van der Waals surface area contributed by atoms with E-state index in [1.54, 1.807) is 0 Å². The minimum atomic E-state index is -0.762. The van der Waals surface area contributed by atoms with Crippen molar-refractivity contribution in [3.8, 4) is 0 Å². The van der Waals surface area contributed by atoms with Gasteiger partial charge in [0.05, 0.1) is 0 Å². The quantitative estimate of drug-likeness (QED) is 0.340. The first-order chi connectivity index (χ1) is 18.3. The van der Waals surface area contributed by atoms with Gasteiger partial charge in [0.1, 0.15) is 11.9 Å². The van der Waals surface area contributed by atoms with Crippen molar-refractivity contribution in [2.45, 2.75) is 51.7 Å². The Hall–Kier alpha value is -3.32. The van der Waals surface area contributed by atoms with Crippen molar-refractivity contribution in [3.05, 3.63) is 77.0 Å². The Labute approximate surface area is 226 Å². The average molecular weight is 516 g/mol. The van der Waals surface area contributed by atoms with Crippen LogP contribution in [0.2, 0.25) is 0 Å². The summed E-state index contributed by atoms with van der Waals surface area (Å²) >= 11 is 0. The first-order valence-corrected chi connectivity index (χ1v) is 13.9. The molecule has 0 aromatic heterocycles. The van der Waals surface area contributed by atoms with Crippen LogP contribution in [0, 0.1) is 29.6 Å². The number of likely N-dealkylation sites (tertiary alicyclic amines) is 1. The second-order valence-electron chi connectivity index (χ2n) is 11.4. The zero-order valence-corrected chi connectivity index (χ0v) is 22.6. The van der Waals surface area contributed by atoms with Gasteiger partial charge in [-0.05, 0) is 61.1 Å². The predicted molar refractivity (Wildman–Crippen MR) is 152 cm³/mol. The highest BCUT2D eigenvalue weighted by molar-refractivity contribution is 5.93. The second kappa shape index (κ2) is 10.8. The zero-order chi connectivity index (χ0) is 26.9. The standard InChI is InChI=1S/C31H41N5O2/c1-21-7-5-9-25-24(21)12-11-23-8-3-4-15-31(23,2)26(25)19-28(37)36-16-6-10-27(36)29(38)34-20-22-13-17-35(18-14-22)30(32)33/h3-5,7-12,15,22-23,26,28,37H,6,13-14,16-20H2,1-2H3,(H3,32,33)(H,34,38). The van der Waals surface area contributed by atoms with Gasteiger partial charge in [-0.3, -0.25) is 10.2 Å². The number of nitrogens with two attached hydrogens (primary N) is 1. The molecule has 0 radical (unpaired) electrons. The van der Waals surface area contributed by atoms with E-state index in [4.69, 9.17) is 11.1 Å². The lowest BCUT2D eigenvalue weighted by molar-refractivity contribution is -0.120. The third-order valence-corrected chi connectivity index (χ3v) is 9.12. The van der Waals surface area contributed by atoms with Crippen molar-refractivity contribution in [2.75, 3.05) is 26.2 Å². The smallest absolute Gasteiger partial charge is 0.267 e. The van der Waals surface area contributed by atoms with Gasteiger partial charge in [-0.2, -0.15) is 0 Å². The lowest BCUT2D eigenvalue weighted by Gasteiger charge is -2.42. The number of aryl methyl sites for hydroxylation is 1. The number of guanidine groups is 1. The van der Waals surface area contributed by atoms with Crippen molar-refractivity contribution >= 4 is 17.9 Å². The number of hydrogen-bond donors (Lipinski definition) is 4. The van der Waals surface area contributed by atoms with Crippen LogP contribution < -0.4 is 11.1 Å². The van der Waals surface area contributed by atoms with E-state index in [1.165, 1.54) is 16.7 Å². The third-order valence-electron chi connectivity index (χ3n) is 9.12. The lowest BCUT2D eigenvalue weighted by atomic mass is 9.63. The van der Waals surface area contributed by atoms with Gasteiger partial charge in [0.2, 0.25) is 0 Å². The molecule has 0 bridgehead atoms. The molecule has 7 heteroatoms. The maximum atomic E-state index is 13.2. The number of aliphatic hydroxyl groups is 1. The van der Waals surface area contributed by atoms with Crippen molar-refractivity contribution < 1.29 is 9.90 Å². The monoisotopic (exact) mass is 515 g/mol. The van der Waals surface area contributed by atoms with E-state index in [1.807, 2.05) is 15.9 Å². The SMILES string of the molecule is Cc1cccc2c1C=CC1C=CC=CC1(C)C2CC(O)N1CCC=C1C(=O)NCC1CCN(C(=N)N)CC1. The minimum absolute atomic E-state index is 0.0879. The summed E-state index contributed by atoms with van der Waals surface area (Å²) in [6.45, 7) is 7.19. The van der Waals surface area contributed by atoms with Gasteiger partial charge >= 0.3 is 0 Å². The van der Waals surface area contributed by atoms with Crippen LogP contribution in [0.4, 0.5) is 0 Å². The molecular formula is C31H41N5O2. The van der Waals surface area contributed by atoms with Gasteiger partial charge in [0.25, 0.3) is 5.91 Å². The maximum absolute atomic E-state index is 13.2. The highest BCUT2D eigenvalue weighted by Gasteiger charge is 2.43. The van der Waals surface area contributed by atoms with Crippen LogP contribution in [-0.4, -0.2) is 59.2 Å². The zero-order valence-electron chi connectivity index (χ0n) is 22.6. The molecule has 5 N–H and O–H groups in total. The predicted octanol–water partition coefficient (Wildman–Crippen LogP) is 3.87. The molecule has 38 heavy (non-hydrogen) atoms. The summed E-state index contributed by atoms with van der Waals surface area (Å²) in [5, 5.41) is 22.3. The number of carbonyl (C=O) groups is 1. The number of rotatable bonds is 6. The summed E-state index contributed by atoms with van der Waals surface area (Å²) in [4.78, 5) is 17.0. The largest absolute Gasteiger partial charge is 0.374 e. The molecule has 1 saturated heterocycles. The number of fused-ring (bicyclic) bond motifs is 2. The number of nitrogens with zero attached hydrogens (tertiary/aromatic N) is 2. The van der Waals surface area contributed by atoms with Gasteiger partial charge in [0.15, 0.2) is 5.96 Å². The summed E-state index contributed by atoms with van der Waals surface area (Å²) in [7, 11) is 0. The normalized spacial score (nSPS) is 27.4. The topological polar surface area (TPSA) is 106 Å². The van der Waals surface area contributed by atoms with Crippen LogP contribution in [0.3, 0.4) is 0 Å². The number of amides is 1. The fraction of sp³-hybridized carbons (Fsp3) is 0.484. The molecule has 2 heterocycles. The molecule has 1 aromatic carbocycles. The average Bonchev–Trinajstić information content (AvgIpc) is 3.36. The first-order valence-electron chi connectivity index (χ1n) is 13.9. The van der Waals surface area contributed by atoms with Crippen LogP contribution in [0.5, 0.6) is 0 Å². The fourth-order valence-corrected chi connectivity index (χ4v) is 6.69. The Morgan fingerprint density at radius 3 is 2.79 bits per heavy atom. The van der Waals surface area contributed by atoms with Crippen LogP contribution in [-0.2, 0) is 4.79 Å². The Bertz CT molecular complexity index is 1190. The van der Waals surface area contributed by atoms with Crippen molar-refractivity contribution in [1.82, 2.24) is 15.1 Å². The first kappa shape index (κ1) is 26.3. The number of allylic oxidation sites excluding steroid dienone is 5. The molecule has 4 unspecified atom stereocenters. The van der Waals surface area contributed by atoms with Crippen LogP contribution in [0.15, 0.2) is 60.4 Å². The maximum Gasteiger partial charge on any atom is 0.267 e. The minimum Gasteiger partial charge on any atom is -0.374 e.